The van der Waals surface area contributed by atoms with Gasteiger partial charge in [0.15, 0.2) is 0 Å². The molecule has 2 saturated heterocycles. The Morgan fingerprint density at radius 2 is 2.19 bits per heavy atom. The van der Waals surface area contributed by atoms with Gasteiger partial charge in [-0.15, -0.1) is 11.3 Å². The minimum atomic E-state index is -5.08. The van der Waals surface area contributed by atoms with Crippen LogP contribution in [-0.2, 0) is 16.1 Å². The highest BCUT2D eigenvalue weighted by molar-refractivity contribution is 7.09. The predicted octanol–water partition coefficient (Wildman–Crippen LogP) is 3.88. The Hall–Kier alpha value is -2.68. The fraction of sp³-hybridized carbons (Fsp3) is 0.476. The van der Waals surface area contributed by atoms with E-state index in [0.717, 1.165) is 38.3 Å². The molecule has 2 unspecified atom stereocenters. The number of likely N-dealkylation sites (tertiary alicyclic amines) is 1. The van der Waals surface area contributed by atoms with E-state index in [2.05, 4.69) is 38.8 Å². The third-order valence-corrected chi connectivity index (χ3v) is 6.11. The van der Waals surface area contributed by atoms with Gasteiger partial charge in [0.05, 0.1) is 18.2 Å². The summed E-state index contributed by atoms with van der Waals surface area (Å²) in [5.74, 6) is -2.00. The number of piperidine rings is 1. The average molecular weight is 469 g/mol. The maximum Gasteiger partial charge on any atom is 0.490 e. The molecule has 0 saturated carbocycles. The van der Waals surface area contributed by atoms with E-state index in [4.69, 9.17) is 19.9 Å². The summed E-state index contributed by atoms with van der Waals surface area (Å²) in [6.07, 6.45) is -1.79. The van der Waals surface area contributed by atoms with Gasteiger partial charge in [-0.1, -0.05) is 12.1 Å². The largest absolute Gasteiger partial charge is 0.490 e. The van der Waals surface area contributed by atoms with Crippen molar-refractivity contribution in [1.29, 1.82) is 5.26 Å². The van der Waals surface area contributed by atoms with Crippen LogP contribution in [0.2, 0.25) is 0 Å². The van der Waals surface area contributed by atoms with Crippen molar-refractivity contribution in [3.63, 3.8) is 0 Å². The molecule has 2 aliphatic rings. The average Bonchev–Trinajstić information content (AvgIpc) is 3.38. The molecular formula is C21H23F3N4O3S. The first-order chi connectivity index (χ1) is 15.2. The Bertz CT molecular complexity index is 949. The number of halogens is 3. The van der Waals surface area contributed by atoms with Crippen LogP contribution in [0.15, 0.2) is 35.7 Å². The van der Waals surface area contributed by atoms with Crippen molar-refractivity contribution in [2.45, 2.75) is 43.6 Å². The lowest BCUT2D eigenvalue weighted by Gasteiger charge is -2.39. The van der Waals surface area contributed by atoms with E-state index >= 15 is 0 Å². The topological polar surface area (TPSA) is 98.5 Å². The molecule has 1 spiro atoms. The van der Waals surface area contributed by atoms with Crippen LogP contribution in [0.25, 0.3) is 0 Å². The number of thiophene rings is 1. The highest BCUT2D eigenvalue weighted by atomic mass is 32.1. The molecule has 2 N–H and O–H groups in total. The molecule has 0 amide bonds. The van der Waals surface area contributed by atoms with Crippen LogP contribution in [0, 0.1) is 11.3 Å². The second-order valence-electron chi connectivity index (χ2n) is 7.76. The van der Waals surface area contributed by atoms with Gasteiger partial charge in [-0.2, -0.15) is 18.4 Å². The van der Waals surface area contributed by atoms with Gasteiger partial charge >= 0.3 is 12.1 Å². The van der Waals surface area contributed by atoms with Crippen LogP contribution in [0.3, 0.4) is 0 Å². The summed E-state index contributed by atoms with van der Waals surface area (Å²) in [4.78, 5) is 17.2. The summed E-state index contributed by atoms with van der Waals surface area (Å²) in [6, 6.07) is 12.2. The Kier molecular flexibility index (Phi) is 7.71. The lowest BCUT2D eigenvalue weighted by Crippen LogP contribution is -2.47. The van der Waals surface area contributed by atoms with E-state index in [1.165, 1.54) is 11.3 Å². The molecule has 0 bridgehead atoms. The SMILES string of the molecule is N#Cc1cccc(NC2COC3(CCCN(Cc4cccs4)C3)C2)n1.O=C(O)C(F)(F)F. The lowest BCUT2D eigenvalue weighted by atomic mass is 9.88. The van der Waals surface area contributed by atoms with Crippen molar-refractivity contribution < 1.29 is 27.8 Å². The number of pyridine rings is 1. The first kappa shape index (κ1) is 24.0. The van der Waals surface area contributed by atoms with E-state index in [0.29, 0.717) is 12.3 Å². The zero-order valence-electron chi connectivity index (χ0n) is 17.1. The van der Waals surface area contributed by atoms with E-state index in [9.17, 15) is 13.2 Å². The van der Waals surface area contributed by atoms with Crippen LogP contribution in [-0.4, -0.2) is 58.5 Å². The number of nitrogens with one attached hydrogen (secondary N) is 1. The zero-order chi connectivity index (χ0) is 23.2. The number of alkyl halides is 3. The number of ether oxygens (including phenoxy) is 1. The predicted molar refractivity (Wildman–Crippen MR) is 112 cm³/mol. The highest BCUT2D eigenvalue weighted by Crippen LogP contribution is 2.36. The molecule has 32 heavy (non-hydrogen) atoms. The molecule has 0 aromatic carbocycles. The molecule has 172 valence electrons. The number of aliphatic carboxylic acids is 1. The Morgan fingerprint density at radius 1 is 1.41 bits per heavy atom. The monoisotopic (exact) mass is 468 g/mol. The third-order valence-electron chi connectivity index (χ3n) is 5.25. The molecule has 2 fully saturated rings. The smallest absolute Gasteiger partial charge is 0.475 e. The summed E-state index contributed by atoms with van der Waals surface area (Å²) >= 11 is 1.82. The van der Waals surface area contributed by atoms with Gasteiger partial charge in [-0.25, -0.2) is 9.78 Å². The zero-order valence-corrected chi connectivity index (χ0v) is 18.0. The van der Waals surface area contributed by atoms with Crippen molar-refractivity contribution in [3.05, 3.63) is 46.3 Å². The van der Waals surface area contributed by atoms with Crippen molar-refractivity contribution in [2.75, 3.05) is 25.0 Å². The number of carboxylic acid groups (broad SMARTS) is 1. The van der Waals surface area contributed by atoms with Crippen molar-refractivity contribution in [3.8, 4) is 6.07 Å². The normalized spacial score (nSPS) is 23.2. The van der Waals surface area contributed by atoms with Crippen LogP contribution >= 0.6 is 11.3 Å². The second-order valence-corrected chi connectivity index (χ2v) is 8.79. The minimum absolute atomic E-state index is 0.0417. The number of aromatic nitrogens is 1. The molecule has 0 aliphatic carbocycles. The van der Waals surface area contributed by atoms with E-state index in [1.54, 1.807) is 6.07 Å². The first-order valence-corrected chi connectivity index (χ1v) is 10.9. The van der Waals surface area contributed by atoms with Gasteiger partial charge < -0.3 is 15.2 Å². The van der Waals surface area contributed by atoms with Gasteiger partial charge in [0.25, 0.3) is 0 Å². The molecule has 0 radical (unpaired) electrons. The van der Waals surface area contributed by atoms with E-state index < -0.39 is 12.1 Å². The summed E-state index contributed by atoms with van der Waals surface area (Å²) in [6.45, 7) is 3.86. The molecule has 2 atom stereocenters. The van der Waals surface area contributed by atoms with Crippen molar-refractivity contribution in [2.24, 2.45) is 0 Å². The molecule has 11 heteroatoms. The van der Waals surface area contributed by atoms with Gasteiger partial charge in [-0.3, -0.25) is 4.90 Å². The number of anilines is 1. The molecule has 2 aromatic heterocycles. The summed E-state index contributed by atoms with van der Waals surface area (Å²) < 4.78 is 38.0. The molecule has 4 rings (SSSR count). The number of carboxylic acids is 1. The van der Waals surface area contributed by atoms with Crippen molar-refractivity contribution in [1.82, 2.24) is 9.88 Å². The summed E-state index contributed by atoms with van der Waals surface area (Å²) in [5.41, 5.74) is 0.401. The van der Waals surface area contributed by atoms with Gasteiger partial charge in [-0.05, 0) is 43.0 Å². The molecule has 2 aromatic rings. The molecule has 7 nitrogen and oxygen atoms in total. The van der Waals surface area contributed by atoms with Crippen LogP contribution in [0.5, 0.6) is 0 Å². The van der Waals surface area contributed by atoms with Crippen molar-refractivity contribution >= 4 is 23.1 Å². The van der Waals surface area contributed by atoms with Crippen LogP contribution in [0.1, 0.15) is 29.8 Å². The number of carbonyl (C=O) groups is 1. The van der Waals surface area contributed by atoms with E-state index in [-0.39, 0.29) is 11.6 Å². The number of hydrogen-bond acceptors (Lipinski definition) is 7. The molecule has 4 heterocycles. The Balaban J connectivity index is 0.000000360. The number of rotatable bonds is 4. The highest BCUT2D eigenvalue weighted by Gasteiger charge is 2.43. The quantitative estimate of drug-likeness (QED) is 0.703. The fourth-order valence-corrected chi connectivity index (χ4v) is 4.70. The number of hydrogen-bond donors (Lipinski definition) is 2. The Labute approximate surface area is 187 Å². The summed E-state index contributed by atoms with van der Waals surface area (Å²) in [5, 5.41) is 21.7. The van der Waals surface area contributed by atoms with Gasteiger partial charge in [0, 0.05) is 24.4 Å². The standard InChI is InChI=1S/C19H22N4OS.C2HF3O2/c20-11-15-4-1-6-18(21-15)22-16-10-19(24-13-16)7-3-8-23(14-19)12-17-5-2-9-25-17;3-2(4,5)1(6)7/h1-2,4-6,9,16H,3,7-8,10,12-14H2,(H,21,22);(H,6,7). The first-order valence-electron chi connectivity index (χ1n) is 10.0. The van der Waals surface area contributed by atoms with Crippen LogP contribution < -0.4 is 5.32 Å². The van der Waals surface area contributed by atoms with E-state index in [1.807, 2.05) is 23.5 Å². The van der Waals surface area contributed by atoms with Gasteiger partial charge in [0.2, 0.25) is 0 Å². The maximum absolute atomic E-state index is 10.6. The molecule has 2 aliphatic heterocycles. The minimum Gasteiger partial charge on any atom is -0.475 e. The number of nitrogens with zero attached hydrogens (tertiary/aromatic N) is 3. The summed E-state index contributed by atoms with van der Waals surface area (Å²) in [7, 11) is 0. The maximum atomic E-state index is 10.6. The second kappa shape index (κ2) is 10.3. The molecular weight excluding hydrogens is 445 g/mol. The van der Waals surface area contributed by atoms with Crippen LogP contribution in [0.4, 0.5) is 19.0 Å². The lowest BCUT2D eigenvalue weighted by molar-refractivity contribution is -0.192. The number of nitriles is 1. The van der Waals surface area contributed by atoms with Gasteiger partial charge in [0.1, 0.15) is 17.6 Å². The third kappa shape index (κ3) is 6.66. The Morgan fingerprint density at radius 3 is 2.84 bits per heavy atom. The fourth-order valence-electron chi connectivity index (χ4n) is 3.96.